The lowest BCUT2D eigenvalue weighted by molar-refractivity contribution is -0.119. The first-order valence-corrected chi connectivity index (χ1v) is 4.62. The molecule has 1 aliphatic carbocycles. The SMILES string of the molecule is O=C1CC2(CCC(CO)C2)CN1. The molecule has 3 heteroatoms. The van der Waals surface area contributed by atoms with Crippen LogP contribution in [0.15, 0.2) is 0 Å². The molecule has 1 amide bonds. The van der Waals surface area contributed by atoms with E-state index in [1.165, 1.54) is 0 Å². The van der Waals surface area contributed by atoms with E-state index in [2.05, 4.69) is 5.32 Å². The lowest BCUT2D eigenvalue weighted by Crippen LogP contribution is -2.21. The Morgan fingerprint density at radius 3 is 3.00 bits per heavy atom. The number of amides is 1. The van der Waals surface area contributed by atoms with Crippen molar-refractivity contribution in [3.63, 3.8) is 0 Å². The average Bonchev–Trinajstić information content (AvgIpc) is 2.61. The van der Waals surface area contributed by atoms with Gasteiger partial charge in [-0.3, -0.25) is 4.79 Å². The maximum Gasteiger partial charge on any atom is 0.220 e. The van der Waals surface area contributed by atoms with Crippen molar-refractivity contribution in [2.75, 3.05) is 13.2 Å². The topological polar surface area (TPSA) is 49.3 Å². The van der Waals surface area contributed by atoms with Gasteiger partial charge in [0, 0.05) is 19.6 Å². The quantitative estimate of drug-likeness (QED) is 0.592. The first-order valence-electron chi connectivity index (χ1n) is 4.62. The van der Waals surface area contributed by atoms with E-state index in [1.807, 2.05) is 0 Å². The van der Waals surface area contributed by atoms with E-state index in [4.69, 9.17) is 5.11 Å². The summed E-state index contributed by atoms with van der Waals surface area (Å²) in [5, 5.41) is 11.8. The molecular weight excluding hydrogens is 154 g/mol. The number of carbonyl (C=O) groups is 1. The molecule has 0 bridgehead atoms. The Bertz CT molecular complexity index is 205. The van der Waals surface area contributed by atoms with Crippen molar-refractivity contribution in [2.24, 2.45) is 11.3 Å². The first kappa shape index (κ1) is 8.05. The van der Waals surface area contributed by atoms with Crippen LogP contribution in [0.2, 0.25) is 0 Å². The van der Waals surface area contributed by atoms with E-state index in [-0.39, 0.29) is 17.9 Å². The van der Waals surface area contributed by atoms with Crippen LogP contribution in [0.1, 0.15) is 25.7 Å². The minimum absolute atomic E-state index is 0.189. The fourth-order valence-corrected chi connectivity index (χ4v) is 2.56. The van der Waals surface area contributed by atoms with Crippen molar-refractivity contribution >= 4 is 5.91 Å². The fraction of sp³-hybridized carbons (Fsp3) is 0.889. The summed E-state index contributed by atoms with van der Waals surface area (Å²) < 4.78 is 0. The normalized spacial score (nSPS) is 40.8. The molecule has 0 aromatic heterocycles. The highest BCUT2D eigenvalue weighted by molar-refractivity contribution is 5.79. The molecule has 1 spiro atoms. The van der Waals surface area contributed by atoms with E-state index >= 15 is 0 Å². The molecule has 1 saturated carbocycles. The summed E-state index contributed by atoms with van der Waals surface area (Å²) in [6.07, 6.45) is 3.91. The summed E-state index contributed by atoms with van der Waals surface area (Å²) >= 11 is 0. The third-order valence-corrected chi connectivity index (χ3v) is 3.26. The molecule has 0 aromatic rings. The van der Waals surface area contributed by atoms with Crippen molar-refractivity contribution in [1.82, 2.24) is 5.32 Å². The van der Waals surface area contributed by atoms with Crippen LogP contribution < -0.4 is 5.32 Å². The Kier molecular flexibility index (Phi) is 1.83. The van der Waals surface area contributed by atoms with E-state index in [9.17, 15) is 4.79 Å². The molecule has 68 valence electrons. The van der Waals surface area contributed by atoms with Crippen molar-refractivity contribution in [3.8, 4) is 0 Å². The minimum Gasteiger partial charge on any atom is -0.396 e. The standard InChI is InChI=1S/C9H15NO2/c11-5-7-1-2-9(3-7)4-8(12)10-6-9/h7,11H,1-6H2,(H,10,12). The smallest absolute Gasteiger partial charge is 0.220 e. The van der Waals surface area contributed by atoms with E-state index in [0.717, 1.165) is 25.8 Å². The van der Waals surface area contributed by atoms with Crippen molar-refractivity contribution in [3.05, 3.63) is 0 Å². The number of hydrogen-bond acceptors (Lipinski definition) is 2. The van der Waals surface area contributed by atoms with Gasteiger partial charge < -0.3 is 10.4 Å². The summed E-state index contributed by atoms with van der Waals surface area (Å²) in [5.41, 5.74) is 0.213. The monoisotopic (exact) mass is 169 g/mol. The Morgan fingerprint density at radius 2 is 2.50 bits per heavy atom. The van der Waals surface area contributed by atoms with Crippen LogP contribution in [-0.4, -0.2) is 24.2 Å². The summed E-state index contributed by atoms with van der Waals surface area (Å²) in [7, 11) is 0. The van der Waals surface area contributed by atoms with Gasteiger partial charge >= 0.3 is 0 Å². The largest absolute Gasteiger partial charge is 0.396 e. The fourth-order valence-electron chi connectivity index (χ4n) is 2.56. The van der Waals surface area contributed by atoms with Gasteiger partial charge in [-0.25, -0.2) is 0 Å². The van der Waals surface area contributed by atoms with E-state index in [0.29, 0.717) is 12.3 Å². The number of aliphatic hydroxyl groups is 1. The number of rotatable bonds is 1. The summed E-state index contributed by atoms with van der Waals surface area (Å²) in [4.78, 5) is 11.0. The van der Waals surface area contributed by atoms with Crippen LogP contribution in [-0.2, 0) is 4.79 Å². The lowest BCUT2D eigenvalue weighted by Gasteiger charge is -2.19. The van der Waals surface area contributed by atoms with Crippen LogP contribution in [0.4, 0.5) is 0 Å². The second kappa shape index (κ2) is 2.73. The first-order chi connectivity index (χ1) is 5.74. The Hall–Kier alpha value is -0.570. The molecule has 1 saturated heterocycles. The zero-order valence-electron chi connectivity index (χ0n) is 7.18. The summed E-state index contributed by atoms with van der Waals surface area (Å²) in [6, 6.07) is 0. The zero-order chi connectivity index (χ0) is 8.60. The Labute approximate surface area is 72.2 Å². The molecule has 0 radical (unpaired) electrons. The molecule has 2 atom stereocenters. The van der Waals surface area contributed by atoms with Crippen LogP contribution >= 0.6 is 0 Å². The molecular formula is C9H15NO2. The van der Waals surface area contributed by atoms with Gasteiger partial charge in [0.1, 0.15) is 0 Å². The molecule has 0 aromatic carbocycles. The number of carbonyl (C=O) groups excluding carboxylic acids is 1. The van der Waals surface area contributed by atoms with Crippen molar-refractivity contribution in [2.45, 2.75) is 25.7 Å². The number of hydrogen-bond donors (Lipinski definition) is 2. The number of aliphatic hydroxyl groups excluding tert-OH is 1. The van der Waals surface area contributed by atoms with Gasteiger partial charge in [-0.1, -0.05) is 0 Å². The maximum absolute atomic E-state index is 11.0. The summed E-state index contributed by atoms with van der Waals surface area (Å²) in [5.74, 6) is 0.631. The number of nitrogens with one attached hydrogen (secondary N) is 1. The van der Waals surface area contributed by atoms with Crippen LogP contribution in [0.3, 0.4) is 0 Å². The molecule has 1 aliphatic heterocycles. The van der Waals surface area contributed by atoms with E-state index < -0.39 is 0 Å². The second-order valence-electron chi connectivity index (χ2n) is 4.24. The Balaban J connectivity index is 2.01. The Morgan fingerprint density at radius 1 is 1.67 bits per heavy atom. The molecule has 2 fully saturated rings. The molecule has 1 heterocycles. The predicted molar refractivity (Wildman–Crippen MR) is 44.5 cm³/mol. The second-order valence-corrected chi connectivity index (χ2v) is 4.24. The van der Waals surface area contributed by atoms with Gasteiger partial charge in [-0.2, -0.15) is 0 Å². The van der Waals surface area contributed by atoms with Gasteiger partial charge in [0.05, 0.1) is 0 Å². The van der Waals surface area contributed by atoms with Crippen LogP contribution in [0.25, 0.3) is 0 Å². The van der Waals surface area contributed by atoms with E-state index in [1.54, 1.807) is 0 Å². The van der Waals surface area contributed by atoms with Gasteiger partial charge in [-0.05, 0) is 30.6 Å². The third-order valence-electron chi connectivity index (χ3n) is 3.26. The van der Waals surface area contributed by atoms with Gasteiger partial charge in [-0.15, -0.1) is 0 Å². The third kappa shape index (κ3) is 1.22. The molecule has 2 unspecified atom stereocenters. The molecule has 2 aliphatic rings. The lowest BCUT2D eigenvalue weighted by atomic mass is 9.84. The molecule has 12 heavy (non-hydrogen) atoms. The summed E-state index contributed by atoms with van der Waals surface area (Å²) in [6.45, 7) is 1.12. The molecule has 2 rings (SSSR count). The van der Waals surface area contributed by atoms with Gasteiger partial charge in [0.2, 0.25) is 5.91 Å². The van der Waals surface area contributed by atoms with Gasteiger partial charge in [0.25, 0.3) is 0 Å². The zero-order valence-corrected chi connectivity index (χ0v) is 7.18. The molecule has 3 nitrogen and oxygen atoms in total. The molecule has 2 N–H and O–H groups in total. The van der Waals surface area contributed by atoms with Crippen molar-refractivity contribution in [1.29, 1.82) is 0 Å². The average molecular weight is 169 g/mol. The van der Waals surface area contributed by atoms with Crippen LogP contribution in [0.5, 0.6) is 0 Å². The highest BCUT2D eigenvalue weighted by Gasteiger charge is 2.43. The van der Waals surface area contributed by atoms with Crippen LogP contribution in [0, 0.1) is 11.3 Å². The maximum atomic E-state index is 11.0. The minimum atomic E-state index is 0.189. The van der Waals surface area contributed by atoms with Crippen molar-refractivity contribution < 1.29 is 9.90 Å². The predicted octanol–water partition coefficient (Wildman–Crippen LogP) is 0.285. The highest BCUT2D eigenvalue weighted by atomic mass is 16.3. The van der Waals surface area contributed by atoms with Gasteiger partial charge in [0.15, 0.2) is 0 Å². The highest BCUT2D eigenvalue weighted by Crippen LogP contribution is 2.45.